The van der Waals surface area contributed by atoms with E-state index in [1.807, 2.05) is 0 Å². The zero-order chi connectivity index (χ0) is 11.4. The van der Waals surface area contributed by atoms with E-state index in [1.165, 1.54) is 12.8 Å². The number of hydrogen-bond donors (Lipinski definition) is 0. The SMILES string of the molecule is COC(C)(C)CCC(C)(C)CC(C)Br. The van der Waals surface area contributed by atoms with Gasteiger partial charge in [-0.1, -0.05) is 36.7 Å². The van der Waals surface area contributed by atoms with Crippen molar-refractivity contribution in [2.24, 2.45) is 5.41 Å². The Kier molecular flexibility index (Phi) is 5.68. The molecule has 2 heteroatoms. The summed E-state index contributed by atoms with van der Waals surface area (Å²) in [5, 5.41) is 0. The Morgan fingerprint density at radius 1 is 1.14 bits per heavy atom. The molecule has 0 saturated heterocycles. The topological polar surface area (TPSA) is 9.23 Å². The predicted octanol–water partition coefficient (Wildman–Crippen LogP) is 4.39. The molecule has 0 heterocycles. The van der Waals surface area contributed by atoms with Gasteiger partial charge in [-0.15, -0.1) is 0 Å². The van der Waals surface area contributed by atoms with Crippen LogP contribution in [-0.2, 0) is 4.74 Å². The minimum Gasteiger partial charge on any atom is -0.379 e. The van der Waals surface area contributed by atoms with Crippen LogP contribution in [0.5, 0.6) is 0 Å². The Morgan fingerprint density at radius 2 is 1.64 bits per heavy atom. The fraction of sp³-hybridized carbons (Fsp3) is 1.00. The van der Waals surface area contributed by atoms with Gasteiger partial charge < -0.3 is 4.74 Å². The molecule has 0 amide bonds. The van der Waals surface area contributed by atoms with E-state index in [4.69, 9.17) is 4.74 Å². The summed E-state index contributed by atoms with van der Waals surface area (Å²) >= 11 is 3.62. The van der Waals surface area contributed by atoms with E-state index in [9.17, 15) is 0 Å². The minimum absolute atomic E-state index is 0.0207. The molecule has 1 atom stereocenters. The van der Waals surface area contributed by atoms with E-state index in [-0.39, 0.29) is 5.60 Å². The summed E-state index contributed by atoms with van der Waals surface area (Å²) in [6.07, 6.45) is 3.55. The smallest absolute Gasteiger partial charge is 0.0623 e. The maximum Gasteiger partial charge on any atom is 0.0623 e. The highest BCUT2D eigenvalue weighted by Crippen LogP contribution is 2.33. The molecule has 14 heavy (non-hydrogen) atoms. The molecule has 1 nitrogen and oxygen atoms in total. The lowest BCUT2D eigenvalue weighted by Crippen LogP contribution is -2.26. The Balaban J connectivity index is 3.98. The number of halogens is 1. The van der Waals surface area contributed by atoms with Crippen molar-refractivity contribution in [2.75, 3.05) is 7.11 Å². The van der Waals surface area contributed by atoms with Gasteiger partial charge in [0.25, 0.3) is 0 Å². The van der Waals surface area contributed by atoms with Gasteiger partial charge in [0.1, 0.15) is 0 Å². The van der Waals surface area contributed by atoms with E-state index in [1.54, 1.807) is 7.11 Å². The quantitative estimate of drug-likeness (QED) is 0.647. The molecule has 0 aliphatic rings. The lowest BCUT2D eigenvalue weighted by molar-refractivity contribution is 0.00536. The van der Waals surface area contributed by atoms with Gasteiger partial charge in [0, 0.05) is 11.9 Å². The largest absolute Gasteiger partial charge is 0.379 e. The van der Waals surface area contributed by atoms with Crippen molar-refractivity contribution >= 4 is 15.9 Å². The molecule has 0 aliphatic carbocycles. The summed E-state index contributed by atoms with van der Waals surface area (Å²) in [6, 6.07) is 0. The maximum atomic E-state index is 5.43. The first-order valence-electron chi connectivity index (χ1n) is 5.38. The lowest BCUT2D eigenvalue weighted by atomic mass is 9.80. The van der Waals surface area contributed by atoms with Crippen molar-refractivity contribution in [3.05, 3.63) is 0 Å². The number of ether oxygens (including phenoxy) is 1. The fourth-order valence-electron chi connectivity index (χ4n) is 1.60. The lowest BCUT2D eigenvalue weighted by Gasteiger charge is -2.31. The van der Waals surface area contributed by atoms with Gasteiger partial charge in [-0.2, -0.15) is 0 Å². The van der Waals surface area contributed by atoms with Gasteiger partial charge in [0.15, 0.2) is 0 Å². The second-order valence-corrected chi connectivity index (χ2v) is 7.18. The first-order chi connectivity index (χ1) is 6.18. The number of hydrogen-bond acceptors (Lipinski definition) is 1. The highest BCUT2D eigenvalue weighted by atomic mass is 79.9. The summed E-state index contributed by atoms with van der Waals surface area (Å²) in [5.74, 6) is 0. The van der Waals surface area contributed by atoms with Gasteiger partial charge in [-0.05, 0) is 38.5 Å². The highest BCUT2D eigenvalue weighted by Gasteiger charge is 2.24. The minimum atomic E-state index is 0.0207. The van der Waals surface area contributed by atoms with Crippen molar-refractivity contribution in [1.29, 1.82) is 0 Å². The second kappa shape index (κ2) is 5.50. The van der Waals surface area contributed by atoms with E-state index < -0.39 is 0 Å². The van der Waals surface area contributed by atoms with Crippen LogP contribution < -0.4 is 0 Å². The first kappa shape index (κ1) is 14.4. The first-order valence-corrected chi connectivity index (χ1v) is 6.29. The van der Waals surface area contributed by atoms with Gasteiger partial charge in [-0.25, -0.2) is 0 Å². The molecule has 0 fully saturated rings. The maximum absolute atomic E-state index is 5.43. The third-order valence-corrected chi connectivity index (χ3v) is 3.11. The Morgan fingerprint density at radius 3 is 2.00 bits per heavy atom. The van der Waals surface area contributed by atoms with Crippen LogP contribution in [0.3, 0.4) is 0 Å². The fourth-order valence-corrected chi connectivity index (χ4v) is 2.48. The average Bonchev–Trinajstić information content (AvgIpc) is 1.99. The standard InChI is InChI=1S/C12H25BrO/c1-10(13)9-11(2,3)7-8-12(4,5)14-6/h10H,7-9H2,1-6H3. The summed E-state index contributed by atoms with van der Waals surface area (Å²) in [5.41, 5.74) is 0.422. The Labute approximate surface area is 97.7 Å². The molecule has 1 unspecified atom stereocenters. The molecule has 0 rings (SSSR count). The average molecular weight is 265 g/mol. The van der Waals surface area contributed by atoms with Crippen molar-refractivity contribution in [3.8, 4) is 0 Å². The van der Waals surface area contributed by atoms with E-state index in [0.717, 1.165) is 6.42 Å². The second-order valence-electron chi connectivity index (χ2n) is 5.61. The van der Waals surface area contributed by atoms with Crippen LogP contribution in [-0.4, -0.2) is 17.5 Å². The normalized spacial score (nSPS) is 15.6. The molecule has 0 saturated carbocycles. The van der Waals surface area contributed by atoms with Crippen molar-refractivity contribution in [3.63, 3.8) is 0 Å². The molecule has 0 aromatic carbocycles. The highest BCUT2D eigenvalue weighted by molar-refractivity contribution is 9.09. The van der Waals surface area contributed by atoms with Gasteiger partial charge in [-0.3, -0.25) is 0 Å². The van der Waals surface area contributed by atoms with Gasteiger partial charge in [0.2, 0.25) is 0 Å². The molecule has 0 N–H and O–H groups in total. The number of rotatable bonds is 6. The zero-order valence-electron chi connectivity index (χ0n) is 10.5. The van der Waals surface area contributed by atoms with E-state index >= 15 is 0 Å². The van der Waals surface area contributed by atoms with E-state index in [2.05, 4.69) is 50.5 Å². The summed E-state index contributed by atoms with van der Waals surface area (Å²) in [6.45, 7) is 11.2. The van der Waals surface area contributed by atoms with Crippen LogP contribution in [0, 0.1) is 5.41 Å². The molecule has 0 radical (unpaired) electrons. The number of methoxy groups -OCH3 is 1. The third-order valence-electron chi connectivity index (χ3n) is 2.79. The van der Waals surface area contributed by atoms with Crippen LogP contribution in [0.15, 0.2) is 0 Å². The van der Waals surface area contributed by atoms with Crippen molar-refractivity contribution in [2.45, 2.75) is 64.3 Å². The molecular weight excluding hydrogens is 240 g/mol. The van der Waals surface area contributed by atoms with E-state index in [0.29, 0.717) is 10.2 Å². The summed E-state index contributed by atoms with van der Waals surface area (Å²) < 4.78 is 5.43. The van der Waals surface area contributed by atoms with Crippen LogP contribution >= 0.6 is 15.9 Å². The van der Waals surface area contributed by atoms with Crippen LogP contribution in [0.2, 0.25) is 0 Å². The van der Waals surface area contributed by atoms with Crippen LogP contribution in [0.4, 0.5) is 0 Å². The van der Waals surface area contributed by atoms with Gasteiger partial charge >= 0.3 is 0 Å². The van der Waals surface area contributed by atoms with Crippen molar-refractivity contribution in [1.82, 2.24) is 0 Å². The van der Waals surface area contributed by atoms with Crippen LogP contribution in [0.25, 0.3) is 0 Å². The number of alkyl halides is 1. The monoisotopic (exact) mass is 264 g/mol. The Bertz CT molecular complexity index is 162. The molecule has 0 aliphatic heterocycles. The zero-order valence-corrected chi connectivity index (χ0v) is 12.1. The van der Waals surface area contributed by atoms with Crippen LogP contribution in [0.1, 0.15) is 53.9 Å². The van der Waals surface area contributed by atoms with Gasteiger partial charge in [0.05, 0.1) is 5.60 Å². The molecule has 0 bridgehead atoms. The van der Waals surface area contributed by atoms with Crippen molar-refractivity contribution < 1.29 is 4.74 Å². The summed E-state index contributed by atoms with van der Waals surface area (Å²) in [4.78, 5) is 0.600. The molecule has 0 aromatic rings. The third kappa shape index (κ3) is 6.83. The molecule has 0 spiro atoms. The Hall–Kier alpha value is 0.440. The predicted molar refractivity (Wildman–Crippen MR) is 67.1 cm³/mol. The molecule has 0 aromatic heterocycles. The molecular formula is C12H25BrO. The molecule has 86 valence electrons. The summed E-state index contributed by atoms with van der Waals surface area (Å²) in [7, 11) is 1.79.